The highest BCUT2D eigenvalue weighted by Gasteiger charge is 2.24. The summed E-state index contributed by atoms with van der Waals surface area (Å²) in [5.41, 5.74) is 0. The fraction of sp³-hybridized carbons (Fsp3) is 0.846. The van der Waals surface area contributed by atoms with E-state index < -0.39 is 0 Å². The van der Waals surface area contributed by atoms with Gasteiger partial charge >= 0.3 is 0 Å². The van der Waals surface area contributed by atoms with Crippen LogP contribution in [0.2, 0.25) is 0 Å². The summed E-state index contributed by atoms with van der Waals surface area (Å²) in [4.78, 5) is 2.43. The van der Waals surface area contributed by atoms with Crippen molar-refractivity contribution >= 4 is 0 Å². The highest BCUT2D eigenvalue weighted by atomic mass is 16.7. The zero-order valence-corrected chi connectivity index (χ0v) is 11.3. The van der Waals surface area contributed by atoms with Gasteiger partial charge in [0.05, 0.1) is 18.8 Å². The van der Waals surface area contributed by atoms with Crippen LogP contribution in [-0.2, 0) is 9.47 Å². The van der Waals surface area contributed by atoms with Gasteiger partial charge in [-0.1, -0.05) is 5.21 Å². The number of ether oxygens (including phenoxy) is 2. The molecule has 2 aliphatic rings. The zero-order valence-electron chi connectivity index (χ0n) is 11.3. The van der Waals surface area contributed by atoms with E-state index in [0.717, 1.165) is 45.7 Å². The lowest BCUT2D eigenvalue weighted by atomic mass is 10.2. The van der Waals surface area contributed by atoms with E-state index in [-0.39, 0.29) is 6.29 Å². The zero-order chi connectivity index (χ0) is 12.9. The first-order valence-corrected chi connectivity index (χ1v) is 7.23. The molecule has 0 radical (unpaired) electrons. The minimum Gasteiger partial charge on any atom is -0.353 e. The molecule has 0 N–H and O–H groups in total. The monoisotopic (exact) mass is 266 g/mol. The molecular weight excluding hydrogens is 244 g/mol. The van der Waals surface area contributed by atoms with Gasteiger partial charge in [-0.15, -0.1) is 5.10 Å². The molecule has 3 rings (SSSR count). The van der Waals surface area contributed by atoms with E-state index in [1.807, 2.05) is 10.9 Å². The summed E-state index contributed by atoms with van der Waals surface area (Å²) in [5.74, 6) is 0. The summed E-state index contributed by atoms with van der Waals surface area (Å²) in [6.07, 6.45) is 8.30. The molecule has 0 aromatic carbocycles. The Labute approximate surface area is 113 Å². The first-order valence-electron chi connectivity index (χ1n) is 7.23. The topological polar surface area (TPSA) is 52.4 Å². The van der Waals surface area contributed by atoms with Crippen molar-refractivity contribution in [2.75, 3.05) is 32.8 Å². The highest BCUT2D eigenvalue weighted by Crippen LogP contribution is 2.20. The molecule has 106 valence electrons. The van der Waals surface area contributed by atoms with Gasteiger partial charge in [0, 0.05) is 32.4 Å². The lowest BCUT2D eigenvalue weighted by Crippen LogP contribution is -2.29. The molecule has 2 aliphatic heterocycles. The largest absolute Gasteiger partial charge is 0.353 e. The molecule has 0 bridgehead atoms. The van der Waals surface area contributed by atoms with Gasteiger partial charge < -0.3 is 9.47 Å². The van der Waals surface area contributed by atoms with Crippen LogP contribution in [-0.4, -0.2) is 59.0 Å². The minimum absolute atomic E-state index is 0.0301. The molecule has 2 atom stereocenters. The van der Waals surface area contributed by atoms with Gasteiger partial charge in [0.2, 0.25) is 0 Å². The Kier molecular flexibility index (Phi) is 4.42. The normalized spacial score (nSPS) is 28.8. The Morgan fingerprint density at radius 1 is 1.32 bits per heavy atom. The number of likely N-dealkylation sites (tertiary alicyclic amines) is 1. The summed E-state index contributed by atoms with van der Waals surface area (Å²) < 4.78 is 13.3. The van der Waals surface area contributed by atoms with Crippen molar-refractivity contribution in [3.05, 3.63) is 12.4 Å². The van der Waals surface area contributed by atoms with Crippen LogP contribution in [0, 0.1) is 0 Å². The van der Waals surface area contributed by atoms with Gasteiger partial charge in [-0.25, -0.2) is 4.68 Å². The van der Waals surface area contributed by atoms with Crippen LogP contribution in [0.3, 0.4) is 0 Å². The van der Waals surface area contributed by atoms with E-state index in [4.69, 9.17) is 9.47 Å². The van der Waals surface area contributed by atoms with Crippen molar-refractivity contribution in [1.29, 1.82) is 0 Å². The van der Waals surface area contributed by atoms with Gasteiger partial charge in [0.15, 0.2) is 6.29 Å². The second-order valence-corrected chi connectivity index (χ2v) is 5.29. The Balaban J connectivity index is 1.35. The van der Waals surface area contributed by atoms with Gasteiger partial charge in [0.1, 0.15) is 0 Å². The van der Waals surface area contributed by atoms with Crippen LogP contribution in [0.15, 0.2) is 12.4 Å². The summed E-state index contributed by atoms with van der Waals surface area (Å²) in [6.45, 7) is 4.74. The number of hydrogen-bond donors (Lipinski definition) is 0. The summed E-state index contributed by atoms with van der Waals surface area (Å²) in [7, 11) is 0. The third-order valence-corrected chi connectivity index (χ3v) is 3.91. The molecule has 0 spiro atoms. The third-order valence-electron chi connectivity index (χ3n) is 3.91. The quantitative estimate of drug-likeness (QED) is 0.798. The molecule has 0 amide bonds. The predicted molar refractivity (Wildman–Crippen MR) is 69.7 cm³/mol. The molecule has 19 heavy (non-hydrogen) atoms. The van der Waals surface area contributed by atoms with Gasteiger partial charge in [0.25, 0.3) is 0 Å². The lowest BCUT2D eigenvalue weighted by Gasteiger charge is -2.24. The lowest BCUT2D eigenvalue weighted by molar-refractivity contribution is -0.163. The van der Waals surface area contributed by atoms with Crippen molar-refractivity contribution in [2.45, 2.75) is 38.0 Å². The first kappa shape index (κ1) is 13.0. The van der Waals surface area contributed by atoms with Gasteiger partial charge in [-0.05, 0) is 25.7 Å². The molecule has 2 fully saturated rings. The fourth-order valence-corrected chi connectivity index (χ4v) is 2.80. The van der Waals surface area contributed by atoms with E-state index in [9.17, 15) is 0 Å². The smallest absolute Gasteiger partial charge is 0.157 e. The average Bonchev–Trinajstić information content (AvgIpc) is 3.10. The van der Waals surface area contributed by atoms with Gasteiger partial charge in [-0.2, -0.15) is 0 Å². The van der Waals surface area contributed by atoms with Crippen molar-refractivity contribution in [2.24, 2.45) is 0 Å². The summed E-state index contributed by atoms with van der Waals surface area (Å²) >= 11 is 0. The Morgan fingerprint density at radius 2 is 2.32 bits per heavy atom. The average molecular weight is 266 g/mol. The highest BCUT2D eigenvalue weighted by molar-refractivity contribution is 4.81. The van der Waals surface area contributed by atoms with Crippen molar-refractivity contribution in [1.82, 2.24) is 19.9 Å². The van der Waals surface area contributed by atoms with Crippen molar-refractivity contribution in [3.63, 3.8) is 0 Å². The van der Waals surface area contributed by atoms with E-state index in [2.05, 4.69) is 15.2 Å². The Hall–Kier alpha value is -0.980. The number of nitrogens with zero attached hydrogens (tertiary/aromatic N) is 4. The molecule has 3 heterocycles. The van der Waals surface area contributed by atoms with Crippen LogP contribution >= 0.6 is 0 Å². The van der Waals surface area contributed by atoms with E-state index in [0.29, 0.717) is 6.04 Å². The molecule has 2 saturated heterocycles. The molecule has 6 heteroatoms. The third kappa shape index (κ3) is 3.52. The second kappa shape index (κ2) is 6.45. The molecule has 6 nitrogen and oxygen atoms in total. The van der Waals surface area contributed by atoms with Crippen molar-refractivity contribution in [3.8, 4) is 0 Å². The molecule has 0 saturated carbocycles. The van der Waals surface area contributed by atoms with E-state index >= 15 is 0 Å². The van der Waals surface area contributed by atoms with Crippen LogP contribution in [0.1, 0.15) is 31.7 Å². The van der Waals surface area contributed by atoms with Crippen LogP contribution in [0.25, 0.3) is 0 Å². The molecular formula is C13H22N4O2. The van der Waals surface area contributed by atoms with E-state index in [1.54, 1.807) is 6.20 Å². The predicted octanol–water partition coefficient (Wildman–Crippen LogP) is 1.07. The summed E-state index contributed by atoms with van der Waals surface area (Å²) in [5, 5.41) is 7.94. The van der Waals surface area contributed by atoms with Crippen LogP contribution in [0.4, 0.5) is 0 Å². The molecule has 1 aromatic rings. The molecule has 2 unspecified atom stereocenters. The maximum absolute atomic E-state index is 5.77. The van der Waals surface area contributed by atoms with Crippen LogP contribution < -0.4 is 0 Å². The second-order valence-electron chi connectivity index (χ2n) is 5.29. The number of rotatable bonds is 5. The van der Waals surface area contributed by atoms with Crippen molar-refractivity contribution < 1.29 is 9.47 Å². The standard InChI is InChI=1S/C13H22N4O2/c1-2-9-18-13(3-1)19-10-8-16-6-4-12(11-16)17-7-5-14-15-17/h5,7,12-13H,1-4,6,8-11H2. The molecule has 0 aliphatic carbocycles. The minimum atomic E-state index is 0.0301. The Bertz CT molecular complexity index is 365. The maximum atomic E-state index is 5.77. The fourth-order valence-electron chi connectivity index (χ4n) is 2.80. The SMILES string of the molecule is c1cn(C2CCN(CCOC3CCCCO3)C2)nn1. The molecule has 1 aromatic heterocycles. The Morgan fingerprint density at radius 3 is 3.11 bits per heavy atom. The first-order chi connectivity index (χ1) is 9.42. The van der Waals surface area contributed by atoms with E-state index in [1.165, 1.54) is 12.8 Å². The van der Waals surface area contributed by atoms with Crippen LogP contribution in [0.5, 0.6) is 0 Å². The number of aromatic nitrogens is 3. The van der Waals surface area contributed by atoms with Gasteiger partial charge in [-0.3, -0.25) is 4.90 Å². The maximum Gasteiger partial charge on any atom is 0.157 e. The number of hydrogen-bond acceptors (Lipinski definition) is 5. The summed E-state index contributed by atoms with van der Waals surface area (Å²) in [6, 6.07) is 0.466.